The van der Waals surface area contributed by atoms with E-state index in [1.54, 1.807) is 18.2 Å². The first-order valence-electron chi connectivity index (χ1n) is 16.8. The fourth-order valence-electron chi connectivity index (χ4n) is 5.53. The molecule has 0 radical (unpaired) electrons. The van der Waals surface area contributed by atoms with Crippen molar-refractivity contribution in [2.75, 3.05) is 29.0 Å². The quantitative estimate of drug-likeness (QED) is 0.170. The molecule has 6 nitrogen and oxygen atoms in total. The van der Waals surface area contributed by atoms with E-state index in [0.717, 1.165) is 45.9 Å². The molecule has 0 saturated carbocycles. The highest BCUT2D eigenvalue weighted by atomic mass is 35.5. The molecule has 8 rings (SSSR count). The Morgan fingerprint density at radius 3 is 1.63 bits per heavy atom. The van der Waals surface area contributed by atoms with Crippen LogP contribution in [0.25, 0.3) is 0 Å². The predicted molar refractivity (Wildman–Crippen MR) is 231 cm³/mol. The second-order valence-corrected chi connectivity index (χ2v) is 13.8. The number of hydrogen-bond donors (Lipinski definition) is 2. The van der Waals surface area contributed by atoms with Gasteiger partial charge in [0.25, 0.3) is 0 Å². The van der Waals surface area contributed by atoms with Crippen LogP contribution in [0.2, 0.25) is 15.1 Å². The number of nitrogens with two attached hydrogens (primary N) is 1. The highest BCUT2D eigenvalue weighted by Gasteiger charge is 2.20. The van der Waals surface area contributed by atoms with Gasteiger partial charge in [0.05, 0.1) is 6.54 Å². The predicted octanol–water partition coefficient (Wildman–Crippen LogP) is 12.9. The number of benzene rings is 6. The van der Waals surface area contributed by atoms with Gasteiger partial charge in [0, 0.05) is 49.8 Å². The monoisotopic (exact) mass is 785 g/mol. The largest absolute Gasteiger partial charge is 0.508 e. The van der Waals surface area contributed by atoms with E-state index >= 15 is 0 Å². The number of ether oxygens (including phenoxy) is 2. The fourth-order valence-corrected chi connectivity index (χ4v) is 6.10. The van der Waals surface area contributed by atoms with Gasteiger partial charge in [0.2, 0.25) is 0 Å². The van der Waals surface area contributed by atoms with Gasteiger partial charge in [-0.25, -0.2) is 0 Å². The summed E-state index contributed by atoms with van der Waals surface area (Å²) in [4.78, 5) is 4.39. The first-order valence-corrected chi connectivity index (χ1v) is 17.9. The molecule has 6 aromatic carbocycles. The smallest absolute Gasteiger partial charge is 0.161 e. The zero-order valence-electron chi connectivity index (χ0n) is 29.4. The molecule has 0 aromatic heterocycles. The van der Waals surface area contributed by atoms with Crippen LogP contribution in [0, 0.1) is 20.8 Å². The maximum absolute atomic E-state index is 8.73. The minimum Gasteiger partial charge on any atom is -0.508 e. The highest BCUT2D eigenvalue weighted by Crippen LogP contribution is 2.33. The van der Waals surface area contributed by atoms with Crippen LogP contribution in [0.5, 0.6) is 17.2 Å². The third-order valence-corrected chi connectivity index (χ3v) is 8.98. The highest BCUT2D eigenvalue weighted by molar-refractivity contribution is 6.31. The Hall–Kier alpha value is -5.01. The summed E-state index contributed by atoms with van der Waals surface area (Å²) in [5, 5.41) is 10.8. The average molecular weight is 787 g/mol. The zero-order valence-corrected chi connectivity index (χ0v) is 31.7. The standard InChI is InChI=1S/2C15H14ClNO.C7H9N.C6H5ClO.2CH4/c1-11-4-2-5-12(8-11)17-9-13-14(16)6-3-7-15(13)18-10-17;1-11-3-2-4-14(7-11)17-9-12-5-6-13(16)8-15(12)18-10-17;1-6-3-2-4-7(8)5-6;7-5-2-1-3-6(8)4-5;;/h2*2-8H,9-10H2,1H3;2-5H,8H2,1H3;1-4,8H;2*1H4. The fraction of sp³-hybridized carbons (Fsp3) is 0.200. The van der Waals surface area contributed by atoms with Crippen molar-refractivity contribution in [3.05, 3.63) is 176 Å². The topological polar surface area (TPSA) is 71.2 Å². The van der Waals surface area contributed by atoms with Crippen molar-refractivity contribution >= 4 is 51.9 Å². The van der Waals surface area contributed by atoms with E-state index in [4.69, 9.17) is 55.1 Å². The molecular formula is C45H50Cl3N3O3. The number of nitrogen functional groups attached to an aromatic ring is 1. The molecule has 2 heterocycles. The maximum Gasteiger partial charge on any atom is 0.161 e. The molecule has 9 heteroatoms. The van der Waals surface area contributed by atoms with Crippen molar-refractivity contribution in [2.24, 2.45) is 0 Å². The van der Waals surface area contributed by atoms with Gasteiger partial charge in [0.15, 0.2) is 13.5 Å². The number of halogens is 3. The number of phenolic OH excluding ortho intramolecular Hbond substituents is 1. The Labute approximate surface area is 336 Å². The van der Waals surface area contributed by atoms with Crippen molar-refractivity contribution in [1.29, 1.82) is 0 Å². The molecule has 0 bridgehead atoms. The number of aryl methyl sites for hydroxylation is 3. The summed E-state index contributed by atoms with van der Waals surface area (Å²) in [6, 6.07) is 42.7. The van der Waals surface area contributed by atoms with E-state index in [1.807, 2.05) is 67.6 Å². The van der Waals surface area contributed by atoms with Gasteiger partial charge in [0.1, 0.15) is 17.2 Å². The molecule has 2 aliphatic rings. The van der Waals surface area contributed by atoms with Gasteiger partial charge in [-0.05, 0) is 116 Å². The normalized spacial score (nSPS) is 12.0. The number of rotatable bonds is 2. The number of anilines is 3. The molecule has 6 aromatic rings. The van der Waals surface area contributed by atoms with E-state index in [1.165, 1.54) is 39.7 Å². The Kier molecular flexibility index (Phi) is 16.9. The van der Waals surface area contributed by atoms with Gasteiger partial charge < -0.3 is 30.1 Å². The SMILES string of the molecule is C.C.Cc1cccc(N)c1.Cc1cccc(N2COc3cc(Cl)ccc3C2)c1.Cc1cccc(N2COc3cccc(Cl)c3C2)c1.Oc1cccc(Cl)c1. The van der Waals surface area contributed by atoms with Crippen LogP contribution >= 0.6 is 34.8 Å². The molecular weight excluding hydrogens is 737 g/mol. The molecule has 0 fully saturated rings. The third kappa shape index (κ3) is 12.8. The lowest BCUT2D eigenvalue weighted by Crippen LogP contribution is -2.32. The number of phenols is 1. The van der Waals surface area contributed by atoms with Crippen molar-refractivity contribution in [2.45, 2.75) is 48.7 Å². The summed E-state index contributed by atoms with van der Waals surface area (Å²) in [6.45, 7) is 9.00. The van der Waals surface area contributed by atoms with Crippen LogP contribution in [-0.4, -0.2) is 18.6 Å². The summed E-state index contributed by atoms with van der Waals surface area (Å²) in [7, 11) is 0. The Balaban J connectivity index is 0.000000204. The molecule has 0 spiro atoms. The second-order valence-electron chi connectivity index (χ2n) is 12.5. The number of fused-ring (bicyclic) bond motifs is 2. The first kappa shape index (κ1) is 43.4. The minimum atomic E-state index is 0. The number of nitrogens with zero attached hydrogens (tertiary/aromatic N) is 2. The van der Waals surface area contributed by atoms with Gasteiger partial charge in [-0.3, -0.25) is 0 Å². The number of aromatic hydroxyl groups is 1. The molecule has 0 aliphatic carbocycles. The molecule has 0 atom stereocenters. The molecule has 54 heavy (non-hydrogen) atoms. The summed E-state index contributed by atoms with van der Waals surface area (Å²) in [5.74, 6) is 2.00. The lowest BCUT2D eigenvalue weighted by atomic mass is 10.1. The molecule has 3 N–H and O–H groups in total. The second kappa shape index (κ2) is 21.0. The minimum absolute atomic E-state index is 0. The van der Waals surface area contributed by atoms with Gasteiger partial charge in [-0.15, -0.1) is 0 Å². The van der Waals surface area contributed by atoms with Gasteiger partial charge in [-0.2, -0.15) is 0 Å². The molecule has 0 saturated heterocycles. The van der Waals surface area contributed by atoms with Gasteiger partial charge >= 0.3 is 0 Å². The number of hydrogen-bond acceptors (Lipinski definition) is 6. The van der Waals surface area contributed by atoms with Crippen LogP contribution in [0.15, 0.2) is 133 Å². The lowest BCUT2D eigenvalue weighted by Gasteiger charge is -2.31. The zero-order chi connectivity index (χ0) is 37.0. The lowest BCUT2D eigenvalue weighted by molar-refractivity contribution is 0.289. The molecule has 2 aliphatic heterocycles. The molecule has 0 unspecified atom stereocenters. The van der Waals surface area contributed by atoms with Crippen LogP contribution in [0.4, 0.5) is 17.1 Å². The van der Waals surface area contributed by atoms with E-state index < -0.39 is 0 Å². The Morgan fingerprint density at radius 1 is 0.556 bits per heavy atom. The van der Waals surface area contributed by atoms with Crippen molar-refractivity contribution < 1.29 is 14.6 Å². The van der Waals surface area contributed by atoms with Crippen LogP contribution in [-0.2, 0) is 13.1 Å². The van der Waals surface area contributed by atoms with E-state index in [2.05, 4.69) is 72.2 Å². The Morgan fingerprint density at radius 2 is 1.09 bits per heavy atom. The van der Waals surface area contributed by atoms with E-state index in [0.29, 0.717) is 18.5 Å². The van der Waals surface area contributed by atoms with Crippen molar-refractivity contribution in [3.8, 4) is 17.2 Å². The van der Waals surface area contributed by atoms with Crippen LogP contribution in [0.3, 0.4) is 0 Å². The first-order chi connectivity index (χ1) is 25.0. The maximum atomic E-state index is 8.73. The molecule has 0 amide bonds. The third-order valence-electron chi connectivity index (χ3n) is 8.15. The average Bonchev–Trinajstić information content (AvgIpc) is 3.12. The summed E-state index contributed by atoms with van der Waals surface area (Å²) < 4.78 is 11.5. The Bertz CT molecular complexity index is 2010. The van der Waals surface area contributed by atoms with Gasteiger partial charge in [-0.1, -0.05) is 104 Å². The summed E-state index contributed by atoms with van der Waals surface area (Å²) in [5.41, 5.74) is 14.6. The van der Waals surface area contributed by atoms with E-state index in [9.17, 15) is 0 Å². The van der Waals surface area contributed by atoms with Crippen molar-refractivity contribution in [1.82, 2.24) is 0 Å². The van der Waals surface area contributed by atoms with E-state index in [-0.39, 0.29) is 20.6 Å². The van der Waals surface area contributed by atoms with Crippen molar-refractivity contribution in [3.63, 3.8) is 0 Å². The summed E-state index contributed by atoms with van der Waals surface area (Å²) >= 11 is 17.7. The van der Waals surface area contributed by atoms with Crippen LogP contribution < -0.4 is 25.0 Å². The summed E-state index contributed by atoms with van der Waals surface area (Å²) in [6.07, 6.45) is 0. The van der Waals surface area contributed by atoms with Crippen LogP contribution in [0.1, 0.15) is 42.7 Å². The molecule has 284 valence electrons.